The third kappa shape index (κ3) is 7.63. The molecule has 0 aliphatic carbocycles. The Morgan fingerprint density at radius 3 is 2.81 bits per heavy atom. The maximum atomic E-state index is 11.8. The number of thiophene rings is 1. The van der Waals surface area contributed by atoms with Crippen LogP contribution in [0, 0.1) is 0 Å². The third-order valence-corrected chi connectivity index (χ3v) is 3.68. The summed E-state index contributed by atoms with van der Waals surface area (Å²) in [6.07, 6.45) is 5.50. The van der Waals surface area contributed by atoms with Gasteiger partial charge in [-0.15, -0.1) is 11.3 Å². The lowest BCUT2D eigenvalue weighted by Crippen LogP contribution is -2.24. The molecule has 0 unspecified atom stereocenters. The first-order valence-corrected chi connectivity index (χ1v) is 7.82. The highest BCUT2D eigenvalue weighted by Gasteiger charge is 2.07. The SMILES string of the molecule is CCCCOCCCNC(=O)c1ccc(/C=C/C(=O)O)s1. The van der Waals surface area contributed by atoms with E-state index in [1.807, 2.05) is 0 Å². The van der Waals surface area contributed by atoms with E-state index in [0.29, 0.717) is 18.0 Å². The number of aliphatic carboxylic acids is 1. The van der Waals surface area contributed by atoms with Crippen molar-refractivity contribution in [2.45, 2.75) is 26.2 Å². The second-order valence-corrected chi connectivity index (χ2v) is 5.56. The van der Waals surface area contributed by atoms with Crippen LogP contribution in [0.3, 0.4) is 0 Å². The van der Waals surface area contributed by atoms with Crippen molar-refractivity contribution in [2.75, 3.05) is 19.8 Å². The van der Waals surface area contributed by atoms with Gasteiger partial charge >= 0.3 is 5.97 Å². The van der Waals surface area contributed by atoms with Crippen molar-refractivity contribution in [3.8, 4) is 0 Å². The molecule has 0 aliphatic heterocycles. The van der Waals surface area contributed by atoms with Crippen LogP contribution in [0.5, 0.6) is 0 Å². The Bertz CT molecular complexity index is 482. The summed E-state index contributed by atoms with van der Waals surface area (Å²) in [7, 11) is 0. The normalized spacial score (nSPS) is 10.9. The van der Waals surface area contributed by atoms with Crippen LogP contribution < -0.4 is 5.32 Å². The van der Waals surface area contributed by atoms with Crippen molar-refractivity contribution in [1.82, 2.24) is 5.32 Å². The highest BCUT2D eigenvalue weighted by molar-refractivity contribution is 7.14. The lowest BCUT2D eigenvalue weighted by Gasteiger charge is -2.04. The Morgan fingerprint density at radius 2 is 2.10 bits per heavy atom. The van der Waals surface area contributed by atoms with Gasteiger partial charge < -0.3 is 15.2 Å². The summed E-state index contributed by atoms with van der Waals surface area (Å²) in [5, 5.41) is 11.4. The number of nitrogens with one attached hydrogen (secondary N) is 1. The first kappa shape index (κ1) is 17.4. The fraction of sp³-hybridized carbons (Fsp3) is 0.467. The first-order valence-electron chi connectivity index (χ1n) is 7.00. The molecule has 0 aromatic carbocycles. The summed E-state index contributed by atoms with van der Waals surface area (Å²) in [6, 6.07) is 3.42. The molecule has 0 saturated heterocycles. The summed E-state index contributed by atoms with van der Waals surface area (Å²) >= 11 is 1.26. The van der Waals surface area contributed by atoms with Crippen molar-refractivity contribution >= 4 is 29.3 Å². The molecule has 1 amide bonds. The second-order valence-electron chi connectivity index (χ2n) is 4.45. The van der Waals surface area contributed by atoms with Crippen molar-refractivity contribution in [3.63, 3.8) is 0 Å². The maximum absolute atomic E-state index is 11.8. The molecule has 1 rings (SSSR count). The molecule has 1 heterocycles. The molecule has 0 radical (unpaired) electrons. The zero-order valence-electron chi connectivity index (χ0n) is 12.1. The monoisotopic (exact) mass is 311 g/mol. The molecule has 0 aliphatic rings. The minimum absolute atomic E-state index is 0.136. The number of amides is 1. The number of unbranched alkanes of at least 4 members (excludes halogenated alkanes) is 1. The van der Waals surface area contributed by atoms with Crippen LogP contribution in [0.15, 0.2) is 18.2 Å². The van der Waals surface area contributed by atoms with Gasteiger partial charge in [-0.2, -0.15) is 0 Å². The standard InChI is InChI=1S/C15H21NO4S/c1-2-3-10-20-11-4-9-16-15(19)13-7-5-12(21-13)6-8-14(17)18/h5-8H,2-4,9-11H2,1H3,(H,16,19)(H,17,18)/b8-6+. The van der Waals surface area contributed by atoms with Gasteiger partial charge in [0.2, 0.25) is 0 Å². The maximum Gasteiger partial charge on any atom is 0.328 e. The van der Waals surface area contributed by atoms with E-state index in [4.69, 9.17) is 9.84 Å². The molecule has 0 spiro atoms. The van der Waals surface area contributed by atoms with Crippen molar-refractivity contribution in [3.05, 3.63) is 28.0 Å². The molecule has 6 heteroatoms. The molecule has 5 nitrogen and oxygen atoms in total. The van der Waals surface area contributed by atoms with E-state index < -0.39 is 5.97 Å². The van der Waals surface area contributed by atoms with E-state index in [0.717, 1.165) is 36.8 Å². The topological polar surface area (TPSA) is 75.6 Å². The van der Waals surface area contributed by atoms with E-state index in [9.17, 15) is 9.59 Å². The largest absolute Gasteiger partial charge is 0.478 e. The molecule has 0 saturated carbocycles. The van der Waals surface area contributed by atoms with Crippen LogP contribution in [0.4, 0.5) is 0 Å². The van der Waals surface area contributed by atoms with Crippen LogP contribution in [-0.2, 0) is 9.53 Å². The molecule has 0 bridgehead atoms. The fourth-order valence-electron chi connectivity index (χ4n) is 1.53. The van der Waals surface area contributed by atoms with Gasteiger partial charge in [-0.25, -0.2) is 4.79 Å². The average Bonchev–Trinajstić information content (AvgIpc) is 2.93. The van der Waals surface area contributed by atoms with E-state index in [2.05, 4.69) is 12.2 Å². The summed E-state index contributed by atoms with van der Waals surface area (Å²) in [5.74, 6) is -1.14. The molecule has 0 atom stereocenters. The van der Waals surface area contributed by atoms with Gasteiger partial charge in [-0.05, 0) is 31.1 Å². The zero-order chi connectivity index (χ0) is 15.5. The minimum Gasteiger partial charge on any atom is -0.478 e. The zero-order valence-corrected chi connectivity index (χ0v) is 12.9. The molecular weight excluding hydrogens is 290 g/mol. The molecule has 1 aromatic rings. The van der Waals surface area contributed by atoms with Gasteiger partial charge in [0.25, 0.3) is 5.91 Å². The molecule has 21 heavy (non-hydrogen) atoms. The smallest absolute Gasteiger partial charge is 0.328 e. The van der Waals surface area contributed by atoms with E-state index >= 15 is 0 Å². The van der Waals surface area contributed by atoms with Gasteiger partial charge in [-0.3, -0.25) is 4.79 Å². The number of hydrogen-bond acceptors (Lipinski definition) is 4. The van der Waals surface area contributed by atoms with Gasteiger partial charge in [0.1, 0.15) is 0 Å². The molecule has 2 N–H and O–H groups in total. The highest BCUT2D eigenvalue weighted by atomic mass is 32.1. The molecular formula is C15H21NO4S. The highest BCUT2D eigenvalue weighted by Crippen LogP contribution is 2.17. The van der Waals surface area contributed by atoms with Crippen LogP contribution in [0.1, 0.15) is 40.7 Å². The summed E-state index contributed by atoms with van der Waals surface area (Å²) < 4.78 is 5.41. The first-order chi connectivity index (χ1) is 10.1. The minimum atomic E-state index is -1.00. The summed E-state index contributed by atoms with van der Waals surface area (Å²) in [6.45, 7) is 4.11. The molecule has 116 valence electrons. The van der Waals surface area contributed by atoms with Crippen molar-refractivity contribution < 1.29 is 19.4 Å². The Balaban J connectivity index is 2.24. The van der Waals surface area contributed by atoms with Crippen LogP contribution >= 0.6 is 11.3 Å². The lowest BCUT2D eigenvalue weighted by atomic mass is 10.3. The third-order valence-electron chi connectivity index (χ3n) is 2.63. The van der Waals surface area contributed by atoms with E-state index in [1.54, 1.807) is 12.1 Å². The van der Waals surface area contributed by atoms with Crippen molar-refractivity contribution in [1.29, 1.82) is 0 Å². The molecule has 1 aromatic heterocycles. The van der Waals surface area contributed by atoms with Crippen LogP contribution in [0.2, 0.25) is 0 Å². The number of rotatable bonds is 10. The van der Waals surface area contributed by atoms with Gasteiger partial charge in [0.15, 0.2) is 0 Å². The second kappa shape index (κ2) is 10.1. The lowest BCUT2D eigenvalue weighted by molar-refractivity contribution is -0.131. The van der Waals surface area contributed by atoms with Gasteiger partial charge in [-0.1, -0.05) is 13.3 Å². The summed E-state index contributed by atoms with van der Waals surface area (Å²) in [5.41, 5.74) is 0. The van der Waals surface area contributed by atoms with E-state index in [-0.39, 0.29) is 5.91 Å². The number of ether oxygens (including phenoxy) is 1. The Kier molecular flexibility index (Phi) is 8.38. The number of hydrogen-bond donors (Lipinski definition) is 2. The van der Waals surface area contributed by atoms with Crippen LogP contribution in [-0.4, -0.2) is 36.7 Å². The number of carbonyl (C=O) groups is 2. The van der Waals surface area contributed by atoms with Crippen LogP contribution in [0.25, 0.3) is 6.08 Å². The number of carbonyl (C=O) groups excluding carboxylic acids is 1. The Hall–Kier alpha value is -1.66. The number of carboxylic acid groups (broad SMARTS) is 1. The Labute approximate surface area is 128 Å². The molecule has 0 fully saturated rings. The predicted octanol–water partition coefficient (Wildman–Crippen LogP) is 2.78. The average molecular weight is 311 g/mol. The predicted molar refractivity (Wildman–Crippen MR) is 83.7 cm³/mol. The van der Waals surface area contributed by atoms with Gasteiger partial charge in [0.05, 0.1) is 4.88 Å². The summed E-state index contributed by atoms with van der Waals surface area (Å²) in [4.78, 5) is 23.6. The fourth-order valence-corrected chi connectivity index (χ4v) is 2.36. The number of carboxylic acids is 1. The Morgan fingerprint density at radius 1 is 1.33 bits per heavy atom. The quantitative estimate of drug-likeness (QED) is 0.514. The van der Waals surface area contributed by atoms with Gasteiger partial charge in [0, 0.05) is 30.7 Å². The van der Waals surface area contributed by atoms with Crippen molar-refractivity contribution in [2.24, 2.45) is 0 Å². The van der Waals surface area contributed by atoms with E-state index in [1.165, 1.54) is 17.4 Å².